The van der Waals surface area contributed by atoms with Gasteiger partial charge < -0.3 is 25.6 Å². The SMILES string of the molecule is CN[C@@H](C)C(=O)NC1Cc2ccc(OC)cc2C2CC(C)(C)C(C(=O)NC(c3ccccc3)c3ccccc3)N2C1=O.Cl. The van der Waals surface area contributed by atoms with Gasteiger partial charge in [-0.15, -0.1) is 12.4 Å². The Morgan fingerprint density at radius 3 is 2.14 bits per heavy atom. The van der Waals surface area contributed by atoms with Gasteiger partial charge in [0.05, 0.1) is 25.2 Å². The highest BCUT2D eigenvalue weighted by Gasteiger charge is 2.55. The van der Waals surface area contributed by atoms with Gasteiger partial charge in [-0.3, -0.25) is 14.4 Å². The van der Waals surface area contributed by atoms with Gasteiger partial charge in [0, 0.05) is 6.42 Å². The van der Waals surface area contributed by atoms with Crippen LogP contribution in [-0.2, 0) is 20.8 Å². The first kappa shape index (κ1) is 32.0. The molecule has 43 heavy (non-hydrogen) atoms. The molecule has 1 fully saturated rings. The Labute approximate surface area is 260 Å². The third-order valence-corrected chi connectivity index (χ3v) is 8.71. The number of hydrogen-bond donors (Lipinski definition) is 3. The highest BCUT2D eigenvalue weighted by molar-refractivity contribution is 5.95. The lowest BCUT2D eigenvalue weighted by molar-refractivity contribution is -0.145. The predicted octanol–water partition coefficient (Wildman–Crippen LogP) is 4.34. The van der Waals surface area contributed by atoms with Crippen molar-refractivity contribution < 1.29 is 19.1 Å². The van der Waals surface area contributed by atoms with Crippen molar-refractivity contribution in [3.8, 4) is 5.75 Å². The fourth-order valence-corrected chi connectivity index (χ4v) is 6.38. The molecule has 3 unspecified atom stereocenters. The van der Waals surface area contributed by atoms with Crippen molar-refractivity contribution in [1.82, 2.24) is 20.9 Å². The summed E-state index contributed by atoms with van der Waals surface area (Å²) in [4.78, 5) is 43.5. The first-order valence-electron chi connectivity index (χ1n) is 14.5. The van der Waals surface area contributed by atoms with Crippen LogP contribution in [0.15, 0.2) is 78.9 Å². The number of fused-ring (bicyclic) bond motifs is 3. The lowest BCUT2D eigenvalue weighted by atomic mass is 9.81. The van der Waals surface area contributed by atoms with E-state index in [-0.39, 0.29) is 36.2 Å². The summed E-state index contributed by atoms with van der Waals surface area (Å²) in [5.41, 5.74) is 3.27. The molecule has 4 atom stereocenters. The van der Waals surface area contributed by atoms with Crippen molar-refractivity contribution in [2.45, 2.75) is 63.8 Å². The summed E-state index contributed by atoms with van der Waals surface area (Å²) < 4.78 is 5.55. The van der Waals surface area contributed by atoms with Crippen LogP contribution in [0.4, 0.5) is 0 Å². The van der Waals surface area contributed by atoms with E-state index in [4.69, 9.17) is 4.74 Å². The molecule has 9 heteroatoms. The van der Waals surface area contributed by atoms with E-state index in [9.17, 15) is 14.4 Å². The van der Waals surface area contributed by atoms with Gasteiger partial charge in [-0.05, 0) is 60.2 Å². The maximum Gasteiger partial charge on any atom is 0.246 e. The van der Waals surface area contributed by atoms with E-state index < -0.39 is 29.6 Å². The van der Waals surface area contributed by atoms with Crippen LogP contribution in [-0.4, -0.2) is 54.9 Å². The summed E-state index contributed by atoms with van der Waals surface area (Å²) in [6.07, 6.45) is 0.921. The van der Waals surface area contributed by atoms with Crippen LogP contribution in [0, 0.1) is 5.41 Å². The number of ether oxygens (including phenoxy) is 1. The standard InChI is InChI=1S/C34H40N4O4.ClH/c1-21(35-4)31(39)36-27-18-24-16-17-25(42-5)19-26(24)28-20-34(2,3)30(38(28)33(27)41)32(40)37-29(22-12-8-6-9-13-22)23-14-10-7-11-15-23;/h6-17,19,21,27-30,35H,18,20H2,1-5H3,(H,36,39)(H,37,40);1H/t21-,27?,28?,30?;/m0./s1. The zero-order valence-electron chi connectivity index (χ0n) is 25.3. The molecule has 3 amide bonds. The lowest BCUT2D eigenvalue weighted by Crippen LogP contribution is -2.57. The number of amides is 3. The molecule has 8 nitrogen and oxygen atoms in total. The minimum atomic E-state index is -0.811. The molecule has 2 aliphatic heterocycles. The molecule has 0 spiro atoms. The first-order valence-corrected chi connectivity index (χ1v) is 14.5. The Morgan fingerprint density at radius 2 is 1.58 bits per heavy atom. The summed E-state index contributed by atoms with van der Waals surface area (Å²) in [6.45, 7) is 5.83. The van der Waals surface area contributed by atoms with Crippen LogP contribution in [0.25, 0.3) is 0 Å². The highest BCUT2D eigenvalue weighted by atomic mass is 35.5. The molecule has 2 aliphatic rings. The van der Waals surface area contributed by atoms with Gasteiger partial charge in [-0.25, -0.2) is 0 Å². The van der Waals surface area contributed by atoms with Gasteiger partial charge in [-0.2, -0.15) is 0 Å². The Balaban J connectivity index is 0.00000423. The van der Waals surface area contributed by atoms with Gasteiger partial charge in [0.25, 0.3) is 0 Å². The highest BCUT2D eigenvalue weighted by Crippen LogP contribution is 2.50. The summed E-state index contributed by atoms with van der Waals surface area (Å²) in [5.74, 6) is -0.0644. The zero-order valence-corrected chi connectivity index (χ0v) is 26.1. The number of benzene rings is 3. The number of carbonyl (C=O) groups is 3. The van der Waals surface area contributed by atoms with Gasteiger partial charge in [-0.1, -0.05) is 80.6 Å². The minimum absolute atomic E-state index is 0. The quantitative estimate of drug-likeness (QED) is 0.355. The summed E-state index contributed by atoms with van der Waals surface area (Å²) in [5, 5.41) is 9.20. The number of carbonyl (C=O) groups excluding carboxylic acids is 3. The predicted molar refractivity (Wildman–Crippen MR) is 169 cm³/mol. The number of halogens is 1. The van der Waals surface area contributed by atoms with Gasteiger partial charge in [0.1, 0.15) is 17.8 Å². The van der Waals surface area contributed by atoms with Crippen molar-refractivity contribution in [3.63, 3.8) is 0 Å². The van der Waals surface area contributed by atoms with Crippen LogP contribution in [0.5, 0.6) is 5.75 Å². The number of rotatable bonds is 8. The molecule has 2 heterocycles. The van der Waals surface area contributed by atoms with Crippen molar-refractivity contribution in [1.29, 1.82) is 0 Å². The van der Waals surface area contributed by atoms with Crippen LogP contribution in [0.2, 0.25) is 0 Å². The van der Waals surface area contributed by atoms with Crippen molar-refractivity contribution in [3.05, 3.63) is 101 Å². The molecular formula is C34H41ClN4O4. The first-order chi connectivity index (χ1) is 20.1. The summed E-state index contributed by atoms with van der Waals surface area (Å²) in [6, 6.07) is 22.7. The monoisotopic (exact) mass is 604 g/mol. The average Bonchev–Trinajstić information content (AvgIpc) is 3.24. The molecule has 0 bridgehead atoms. The molecule has 228 valence electrons. The van der Waals surface area contributed by atoms with Gasteiger partial charge in [0.15, 0.2) is 0 Å². The Hall–Kier alpha value is -3.88. The van der Waals surface area contributed by atoms with Crippen LogP contribution in [0.3, 0.4) is 0 Å². The summed E-state index contributed by atoms with van der Waals surface area (Å²) in [7, 11) is 3.32. The molecule has 5 rings (SSSR count). The Bertz CT molecular complexity index is 1410. The maximum atomic E-state index is 14.4. The third-order valence-electron chi connectivity index (χ3n) is 8.71. The number of hydrogen-bond acceptors (Lipinski definition) is 5. The average molecular weight is 605 g/mol. The number of nitrogens with one attached hydrogen (secondary N) is 3. The van der Waals surface area contributed by atoms with E-state index in [1.54, 1.807) is 26.0 Å². The molecule has 0 aliphatic carbocycles. The van der Waals surface area contributed by atoms with Gasteiger partial charge >= 0.3 is 0 Å². The fraction of sp³-hybridized carbons (Fsp3) is 0.382. The normalized spacial score (nSPS) is 21.1. The lowest BCUT2D eigenvalue weighted by Gasteiger charge is -2.35. The van der Waals surface area contributed by atoms with Crippen molar-refractivity contribution >= 4 is 30.1 Å². The third kappa shape index (κ3) is 6.40. The smallest absolute Gasteiger partial charge is 0.246 e. The largest absolute Gasteiger partial charge is 0.497 e. The number of methoxy groups -OCH3 is 1. The van der Waals surface area contributed by atoms with E-state index in [0.29, 0.717) is 18.6 Å². The van der Waals surface area contributed by atoms with E-state index in [1.807, 2.05) is 92.7 Å². The number of likely N-dealkylation sites (N-methyl/N-ethyl adjacent to an activating group) is 1. The van der Waals surface area contributed by atoms with Crippen molar-refractivity contribution in [2.24, 2.45) is 5.41 Å². The van der Waals surface area contributed by atoms with Crippen LogP contribution < -0.4 is 20.7 Å². The molecule has 0 aromatic heterocycles. The van der Waals surface area contributed by atoms with E-state index in [1.165, 1.54) is 0 Å². The molecule has 3 aromatic rings. The Morgan fingerprint density at radius 1 is 0.977 bits per heavy atom. The molecule has 3 N–H and O–H groups in total. The van der Waals surface area contributed by atoms with Gasteiger partial charge in [0.2, 0.25) is 17.7 Å². The molecule has 3 aromatic carbocycles. The van der Waals surface area contributed by atoms with Crippen LogP contribution >= 0.6 is 12.4 Å². The van der Waals surface area contributed by atoms with E-state index in [0.717, 1.165) is 22.3 Å². The Kier molecular flexibility index (Phi) is 9.82. The number of nitrogens with zero attached hydrogens (tertiary/aromatic N) is 1. The minimum Gasteiger partial charge on any atom is -0.497 e. The van der Waals surface area contributed by atoms with Crippen LogP contribution in [0.1, 0.15) is 61.5 Å². The van der Waals surface area contributed by atoms with E-state index in [2.05, 4.69) is 16.0 Å². The second-order valence-electron chi connectivity index (χ2n) is 12.0. The second kappa shape index (κ2) is 13.2. The maximum absolute atomic E-state index is 14.4. The molecule has 1 saturated heterocycles. The van der Waals surface area contributed by atoms with Crippen molar-refractivity contribution in [2.75, 3.05) is 14.2 Å². The topological polar surface area (TPSA) is 99.8 Å². The zero-order chi connectivity index (χ0) is 30.0. The second-order valence-corrected chi connectivity index (χ2v) is 12.0. The molecular weight excluding hydrogens is 564 g/mol. The molecule has 0 saturated carbocycles. The fourth-order valence-electron chi connectivity index (χ4n) is 6.38. The molecule has 0 radical (unpaired) electrons. The van der Waals surface area contributed by atoms with E-state index >= 15 is 0 Å². The summed E-state index contributed by atoms with van der Waals surface area (Å²) >= 11 is 0.